The fourth-order valence-electron chi connectivity index (χ4n) is 2.62. The van der Waals surface area contributed by atoms with Crippen molar-refractivity contribution in [2.45, 2.75) is 51.5 Å². The Hall–Kier alpha value is -1.08. The van der Waals surface area contributed by atoms with Crippen LogP contribution in [0.5, 0.6) is 0 Å². The summed E-state index contributed by atoms with van der Waals surface area (Å²) < 4.78 is 0. The lowest BCUT2D eigenvalue weighted by Gasteiger charge is -2.36. The van der Waals surface area contributed by atoms with Gasteiger partial charge in [-0.05, 0) is 25.8 Å². The minimum atomic E-state index is -0.289. The molecule has 2 atom stereocenters. The zero-order valence-corrected chi connectivity index (χ0v) is 10.7. The van der Waals surface area contributed by atoms with Gasteiger partial charge in [0, 0.05) is 6.04 Å². The Morgan fingerprint density at radius 1 is 1.47 bits per heavy atom. The first-order valence-electron chi connectivity index (χ1n) is 6.61. The zero-order valence-electron chi connectivity index (χ0n) is 10.7. The summed E-state index contributed by atoms with van der Waals surface area (Å²) in [7, 11) is 0. The third-order valence-electron chi connectivity index (χ3n) is 3.52. The molecular formula is C13H23N3O. The molecule has 4 heteroatoms. The van der Waals surface area contributed by atoms with E-state index >= 15 is 0 Å². The molecule has 1 rings (SSSR count). The molecule has 0 bridgehead atoms. The van der Waals surface area contributed by atoms with Gasteiger partial charge in [0.2, 0.25) is 5.91 Å². The van der Waals surface area contributed by atoms with Crippen LogP contribution in [0.2, 0.25) is 0 Å². The van der Waals surface area contributed by atoms with E-state index in [-0.39, 0.29) is 17.9 Å². The van der Waals surface area contributed by atoms with E-state index in [2.05, 4.69) is 17.9 Å². The van der Waals surface area contributed by atoms with Crippen LogP contribution >= 0.6 is 0 Å². The maximum Gasteiger partial charge on any atom is 0.231 e. The van der Waals surface area contributed by atoms with Gasteiger partial charge in [0.05, 0.1) is 18.5 Å². The van der Waals surface area contributed by atoms with Gasteiger partial charge in [-0.3, -0.25) is 9.69 Å². The third-order valence-corrected chi connectivity index (χ3v) is 3.52. The van der Waals surface area contributed by atoms with Crippen LogP contribution in [0.15, 0.2) is 0 Å². The van der Waals surface area contributed by atoms with Gasteiger partial charge in [0.1, 0.15) is 0 Å². The normalized spacial score (nSPS) is 24.5. The van der Waals surface area contributed by atoms with Crippen LogP contribution < -0.4 is 5.73 Å². The maximum atomic E-state index is 11.1. The second kappa shape index (κ2) is 7.29. The highest BCUT2D eigenvalue weighted by Crippen LogP contribution is 2.28. The van der Waals surface area contributed by atoms with Crippen LogP contribution in [0.3, 0.4) is 0 Å². The Balaban J connectivity index is 2.65. The van der Waals surface area contributed by atoms with Crippen molar-refractivity contribution in [3.63, 3.8) is 0 Å². The van der Waals surface area contributed by atoms with Crippen molar-refractivity contribution in [1.29, 1.82) is 5.26 Å². The molecule has 0 aromatic heterocycles. The first kappa shape index (κ1) is 14.0. The molecule has 96 valence electrons. The number of primary amides is 1. The fourth-order valence-corrected chi connectivity index (χ4v) is 2.62. The molecule has 1 fully saturated rings. The van der Waals surface area contributed by atoms with Crippen LogP contribution in [0, 0.1) is 17.2 Å². The largest absolute Gasteiger partial charge is 0.369 e. The van der Waals surface area contributed by atoms with Crippen molar-refractivity contribution >= 4 is 5.91 Å². The number of nitriles is 1. The quantitative estimate of drug-likeness (QED) is 0.763. The van der Waals surface area contributed by atoms with E-state index in [4.69, 9.17) is 5.73 Å². The number of carbonyl (C=O) groups excluding carboxylic acids is 1. The number of nitrogens with zero attached hydrogens (tertiary/aromatic N) is 2. The summed E-state index contributed by atoms with van der Waals surface area (Å²) in [4.78, 5) is 13.2. The standard InChI is InChI=1S/C13H23N3O/c1-2-3-8-16(10-13(15)17)12-7-5-4-6-11(12)9-14/h11-12H,2-8,10H2,1H3,(H2,15,17). The number of hydrogen-bond donors (Lipinski definition) is 1. The minimum Gasteiger partial charge on any atom is -0.369 e. The average Bonchev–Trinajstić information content (AvgIpc) is 2.34. The van der Waals surface area contributed by atoms with E-state index in [9.17, 15) is 10.1 Å². The number of nitrogens with two attached hydrogens (primary N) is 1. The lowest BCUT2D eigenvalue weighted by Crippen LogP contribution is -2.46. The Morgan fingerprint density at radius 2 is 2.18 bits per heavy atom. The van der Waals surface area contributed by atoms with Gasteiger partial charge in [-0.1, -0.05) is 26.2 Å². The summed E-state index contributed by atoms with van der Waals surface area (Å²) in [6, 6.07) is 2.62. The molecule has 0 aromatic carbocycles. The van der Waals surface area contributed by atoms with Gasteiger partial charge in [-0.2, -0.15) is 5.26 Å². The number of hydrogen-bond acceptors (Lipinski definition) is 3. The van der Waals surface area contributed by atoms with Crippen molar-refractivity contribution in [1.82, 2.24) is 4.90 Å². The number of amides is 1. The summed E-state index contributed by atoms with van der Waals surface area (Å²) >= 11 is 0. The molecule has 1 saturated carbocycles. The molecule has 0 spiro atoms. The predicted octanol–water partition coefficient (Wildman–Crippen LogP) is 1.66. The molecule has 0 heterocycles. The molecule has 0 radical (unpaired) electrons. The second-order valence-corrected chi connectivity index (χ2v) is 4.88. The van der Waals surface area contributed by atoms with Crippen molar-refractivity contribution < 1.29 is 4.79 Å². The summed E-state index contributed by atoms with van der Waals surface area (Å²) in [5, 5.41) is 9.18. The Morgan fingerprint density at radius 3 is 2.76 bits per heavy atom. The SMILES string of the molecule is CCCCN(CC(N)=O)C1CCCCC1C#N. The van der Waals surface area contributed by atoms with Crippen molar-refractivity contribution in [2.24, 2.45) is 11.7 Å². The average molecular weight is 237 g/mol. The topological polar surface area (TPSA) is 70.1 Å². The highest BCUT2D eigenvalue weighted by atomic mass is 16.1. The van der Waals surface area contributed by atoms with Gasteiger partial charge in [-0.25, -0.2) is 0 Å². The highest BCUT2D eigenvalue weighted by Gasteiger charge is 2.30. The Bertz CT molecular complexity index is 285. The molecule has 1 aliphatic carbocycles. The summed E-state index contributed by atoms with van der Waals surface area (Å²) in [5.41, 5.74) is 5.30. The maximum absolute atomic E-state index is 11.1. The minimum absolute atomic E-state index is 0.0694. The van der Waals surface area contributed by atoms with Gasteiger partial charge < -0.3 is 5.73 Å². The van der Waals surface area contributed by atoms with Crippen LogP contribution in [0.1, 0.15) is 45.4 Å². The molecule has 2 N–H and O–H groups in total. The second-order valence-electron chi connectivity index (χ2n) is 4.88. The first-order valence-corrected chi connectivity index (χ1v) is 6.61. The van der Waals surface area contributed by atoms with E-state index in [1.54, 1.807) is 0 Å². The van der Waals surface area contributed by atoms with Crippen LogP contribution in [0.4, 0.5) is 0 Å². The summed E-state index contributed by atoms with van der Waals surface area (Å²) in [5.74, 6) is -0.219. The Labute approximate surface area is 104 Å². The van der Waals surface area contributed by atoms with Crippen molar-refractivity contribution in [3.05, 3.63) is 0 Å². The van der Waals surface area contributed by atoms with Crippen LogP contribution in [-0.4, -0.2) is 29.9 Å². The van der Waals surface area contributed by atoms with E-state index < -0.39 is 0 Å². The number of carbonyl (C=O) groups is 1. The van der Waals surface area contributed by atoms with E-state index in [0.717, 1.165) is 45.1 Å². The highest BCUT2D eigenvalue weighted by molar-refractivity contribution is 5.75. The lowest BCUT2D eigenvalue weighted by molar-refractivity contribution is -0.120. The molecule has 0 saturated heterocycles. The fraction of sp³-hybridized carbons (Fsp3) is 0.846. The van der Waals surface area contributed by atoms with Gasteiger partial charge in [0.15, 0.2) is 0 Å². The summed E-state index contributed by atoms with van der Waals surface area (Å²) in [6.07, 6.45) is 6.43. The molecule has 4 nitrogen and oxygen atoms in total. The monoisotopic (exact) mass is 237 g/mol. The van der Waals surface area contributed by atoms with Gasteiger partial charge in [-0.15, -0.1) is 0 Å². The van der Waals surface area contributed by atoms with E-state index in [1.807, 2.05) is 0 Å². The van der Waals surface area contributed by atoms with Crippen molar-refractivity contribution in [2.75, 3.05) is 13.1 Å². The Kier molecular flexibility index (Phi) is 5.99. The van der Waals surface area contributed by atoms with E-state index in [0.29, 0.717) is 6.54 Å². The first-order chi connectivity index (χ1) is 8.19. The molecule has 1 amide bonds. The van der Waals surface area contributed by atoms with Gasteiger partial charge >= 0.3 is 0 Å². The molecule has 17 heavy (non-hydrogen) atoms. The number of rotatable bonds is 6. The molecule has 1 aliphatic rings. The zero-order chi connectivity index (χ0) is 12.7. The predicted molar refractivity (Wildman–Crippen MR) is 67.0 cm³/mol. The van der Waals surface area contributed by atoms with Crippen LogP contribution in [-0.2, 0) is 4.79 Å². The summed E-state index contributed by atoms with van der Waals surface area (Å²) in [6.45, 7) is 3.30. The van der Waals surface area contributed by atoms with Crippen molar-refractivity contribution in [3.8, 4) is 6.07 Å². The van der Waals surface area contributed by atoms with E-state index in [1.165, 1.54) is 0 Å². The molecule has 0 aliphatic heterocycles. The smallest absolute Gasteiger partial charge is 0.231 e. The molecular weight excluding hydrogens is 214 g/mol. The lowest BCUT2D eigenvalue weighted by atomic mass is 9.84. The van der Waals surface area contributed by atoms with Gasteiger partial charge in [0.25, 0.3) is 0 Å². The molecule has 0 aromatic rings. The molecule has 2 unspecified atom stereocenters. The van der Waals surface area contributed by atoms with Crippen LogP contribution in [0.25, 0.3) is 0 Å². The number of unbranched alkanes of at least 4 members (excludes halogenated alkanes) is 1. The third kappa shape index (κ3) is 4.35.